The van der Waals surface area contributed by atoms with Gasteiger partial charge in [0.15, 0.2) is 0 Å². The van der Waals surface area contributed by atoms with Gasteiger partial charge in [-0.25, -0.2) is 0 Å². The number of carbonyl (C=O) groups is 1. The molecule has 22 heavy (non-hydrogen) atoms. The molecule has 0 aliphatic carbocycles. The van der Waals surface area contributed by atoms with Crippen LogP contribution in [0, 0.1) is 19.8 Å². The molecule has 0 saturated heterocycles. The Labute approximate surface area is 140 Å². The van der Waals surface area contributed by atoms with Crippen molar-refractivity contribution in [3.63, 3.8) is 0 Å². The maximum atomic E-state index is 11.9. The number of amides is 1. The van der Waals surface area contributed by atoms with Crippen LogP contribution in [0.15, 0.2) is 18.2 Å². The van der Waals surface area contributed by atoms with Crippen LogP contribution < -0.4 is 15.8 Å². The van der Waals surface area contributed by atoms with Crippen LogP contribution in [0.5, 0.6) is 5.75 Å². The first-order valence-electron chi connectivity index (χ1n) is 7.62. The van der Waals surface area contributed by atoms with Crippen LogP contribution >= 0.6 is 12.4 Å². The van der Waals surface area contributed by atoms with Crippen LogP contribution in [0.3, 0.4) is 0 Å². The summed E-state index contributed by atoms with van der Waals surface area (Å²) in [7, 11) is 0. The highest BCUT2D eigenvalue weighted by Crippen LogP contribution is 2.20. The lowest BCUT2D eigenvalue weighted by molar-refractivity contribution is -0.122. The molecule has 0 aliphatic rings. The summed E-state index contributed by atoms with van der Waals surface area (Å²) in [5.41, 5.74) is 7.99. The third-order valence-electron chi connectivity index (χ3n) is 3.55. The van der Waals surface area contributed by atoms with Crippen molar-refractivity contribution < 1.29 is 9.53 Å². The van der Waals surface area contributed by atoms with Gasteiger partial charge in [-0.1, -0.05) is 26.0 Å². The molecule has 5 heteroatoms. The van der Waals surface area contributed by atoms with E-state index in [4.69, 9.17) is 10.5 Å². The molecule has 0 bridgehead atoms. The van der Waals surface area contributed by atoms with Crippen LogP contribution in [-0.4, -0.2) is 25.1 Å². The van der Waals surface area contributed by atoms with Crippen LogP contribution in [0.2, 0.25) is 0 Å². The summed E-state index contributed by atoms with van der Waals surface area (Å²) >= 11 is 0. The van der Waals surface area contributed by atoms with Crippen molar-refractivity contribution in [2.45, 2.75) is 46.6 Å². The minimum Gasteiger partial charge on any atom is -0.493 e. The molecule has 1 atom stereocenters. The Bertz CT molecular complexity index is 464. The number of aryl methyl sites for hydroxylation is 1. The lowest BCUT2D eigenvalue weighted by atomic mass is 10.0. The minimum atomic E-state index is -0.00333. The van der Waals surface area contributed by atoms with E-state index in [-0.39, 0.29) is 24.4 Å². The van der Waals surface area contributed by atoms with Gasteiger partial charge < -0.3 is 15.8 Å². The van der Waals surface area contributed by atoms with Gasteiger partial charge in [0.2, 0.25) is 5.91 Å². The average Bonchev–Trinajstić information content (AvgIpc) is 2.42. The number of carbonyl (C=O) groups excluding carboxylic acids is 1. The predicted molar refractivity (Wildman–Crippen MR) is 93.7 cm³/mol. The molecule has 1 unspecified atom stereocenters. The van der Waals surface area contributed by atoms with Crippen molar-refractivity contribution in [3.05, 3.63) is 29.3 Å². The summed E-state index contributed by atoms with van der Waals surface area (Å²) in [6.45, 7) is 9.18. The number of benzene rings is 1. The maximum absolute atomic E-state index is 11.9. The van der Waals surface area contributed by atoms with E-state index < -0.39 is 0 Å². The van der Waals surface area contributed by atoms with Gasteiger partial charge in [-0.15, -0.1) is 12.4 Å². The van der Waals surface area contributed by atoms with Crippen LogP contribution in [0.1, 0.15) is 37.8 Å². The fourth-order valence-electron chi connectivity index (χ4n) is 2.22. The van der Waals surface area contributed by atoms with E-state index >= 15 is 0 Å². The summed E-state index contributed by atoms with van der Waals surface area (Å²) in [4.78, 5) is 11.9. The van der Waals surface area contributed by atoms with Crippen LogP contribution in [0.25, 0.3) is 0 Å². The Kier molecular flexibility index (Phi) is 9.86. The first-order chi connectivity index (χ1) is 9.93. The molecule has 0 heterocycles. The topological polar surface area (TPSA) is 64.3 Å². The SMILES string of the molecule is Cc1cccc(OCCC(=O)NC(CN)CC(C)C)c1C.Cl. The smallest absolute Gasteiger partial charge is 0.223 e. The van der Waals surface area contributed by atoms with Gasteiger partial charge >= 0.3 is 0 Å². The Hall–Kier alpha value is -1.26. The van der Waals surface area contributed by atoms with Gasteiger partial charge in [-0.05, 0) is 43.4 Å². The van der Waals surface area contributed by atoms with Gasteiger partial charge in [0, 0.05) is 12.6 Å². The third kappa shape index (κ3) is 7.14. The van der Waals surface area contributed by atoms with E-state index in [0.717, 1.165) is 17.7 Å². The molecular weight excluding hydrogens is 300 g/mol. The van der Waals surface area contributed by atoms with Gasteiger partial charge in [0.05, 0.1) is 13.0 Å². The summed E-state index contributed by atoms with van der Waals surface area (Å²) in [6.07, 6.45) is 1.25. The summed E-state index contributed by atoms with van der Waals surface area (Å²) in [5, 5.41) is 2.97. The molecular formula is C17H29ClN2O2. The van der Waals surface area contributed by atoms with Crippen molar-refractivity contribution in [2.24, 2.45) is 11.7 Å². The van der Waals surface area contributed by atoms with Crippen molar-refractivity contribution in [2.75, 3.05) is 13.2 Å². The number of rotatable bonds is 8. The second-order valence-electron chi connectivity index (χ2n) is 5.93. The summed E-state index contributed by atoms with van der Waals surface area (Å²) < 4.78 is 5.69. The minimum absolute atomic E-state index is 0. The van der Waals surface area contributed by atoms with E-state index in [0.29, 0.717) is 25.5 Å². The summed E-state index contributed by atoms with van der Waals surface area (Å²) in [6, 6.07) is 6.00. The van der Waals surface area contributed by atoms with E-state index in [1.807, 2.05) is 32.0 Å². The van der Waals surface area contributed by atoms with Crippen LogP contribution in [-0.2, 0) is 4.79 Å². The fraction of sp³-hybridized carbons (Fsp3) is 0.588. The van der Waals surface area contributed by atoms with Crippen molar-refractivity contribution in [3.8, 4) is 5.75 Å². The number of halogens is 1. The predicted octanol–water partition coefficient (Wildman–Crippen LogP) is 2.98. The zero-order valence-corrected chi connectivity index (χ0v) is 14.8. The Morgan fingerprint density at radius 1 is 1.32 bits per heavy atom. The molecule has 0 radical (unpaired) electrons. The molecule has 0 saturated carbocycles. The molecule has 4 nitrogen and oxygen atoms in total. The van der Waals surface area contributed by atoms with Gasteiger partial charge in [-0.2, -0.15) is 0 Å². The average molecular weight is 329 g/mol. The lowest BCUT2D eigenvalue weighted by Crippen LogP contribution is -2.41. The van der Waals surface area contributed by atoms with Gasteiger partial charge in [0.1, 0.15) is 5.75 Å². The van der Waals surface area contributed by atoms with E-state index in [1.54, 1.807) is 0 Å². The highest BCUT2D eigenvalue weighted by atomic mass is 35.5. The van der Waals surface area contributed by atoms with Crippen molar-refractivity contribution in [1.82, 2.24) is 5.32 Å². The standard InChI is InChI=1S/C17H28N2O2.ClH/c1-12(2)10-15(11-18)19-17(20)8-9-21-16-7-5-6-13(3)14(16)4;/h5-7,12,15H,8-11,18H2,1-4H3,(H,19,20);1H. The Morgan fingerprint density at radius 3 is 2.59 bits per heavy atom. The first kappa shape index (κ1) is 20.7. The van der Waals surface area contributed by atoms with E-state index in [9.17, 15) is 4.79 Å². The maximum Gasteiger partial charge on any atom is 0.223 e. The highest BCUT2D eigenvalue weighted by molar-refractivity contribution is 5.85. The van der Waals surface area contributed by atoms with Gasteiger partial charge in [0.25, 0.3) is 0 Å². The number of nitrogens with two attached hydrogens (primary N) is 1. The molecule has 0 spiro atoms. The monoisotopic (exact) mass is 328 g/mol. The molecule has 1 rings (SSSR count). The molecule has 0 fully saturated rings. The van der Waals surface area contributed by atoms with E-state index in [1.165, 1.54) is 5.56 Å². The Morgan fingerprint density at radius 2 is 2.00 bits per heavy atom. The third-order valence-corrected chi connectivity index (χ3v) is 3.55. The zero-order chi connectivity index (χ0) is 15.8. The zero-order valence-electron chi connectivity index (χ0n) is 14.0. The second-order valence-corrected chi connectivity index (χ2v) is 5.93. The number of hydrogen-bond acceptors (Lipinski definition) is 3. The summed E-state index contributed by atoms with van der Waals surface area (Å²) in [5.74, 6) is 1.36. The molecule has 0 aliphatic heterocycles. The first-order valence-corrected chi connectivity index (χ1v) is 7.62. The molecule has 1 aromatic rings. The van der Waals surface area contributed by atoms with Gasteiger partial charge in [-0.3, -0.25) is 4.79 Å². The molecule has 1 amide bonds. The highest BCUT2D eigenvalue weighted by Gasteiger charge is 2.12. The number of hydrogen-bond donors (Lipinski definition) is 2. The quantitative estimate of drug-likeness (QED) is 0.771. The van der Waals surface area contributed by atoms with E-state index in [2.05, 4.69) is 19.2 Å². The Balaban J connectivity index is 0.00000441. The molecule has 3 N–H and O–H groups in total. The lowest BCUT2D eigenvalue weighted by Gasteiger charge is -2.19. The largest absolute Gasteiger partial charge is 0.493 e. The van der Waals surface area contributed by atoms with Crippen molar-refractivity contribution in [1.29, 1.82) is 0 Å². The molecule has 1 aromatic carbocycles. The van der Waals surface area contributed by atoms with Crippen molar-refractivity contribution >= 4 is 18.3 Å². The number of ether oxygens (including phenoxy) is 1. The molecule has 126 valence electrons. The van der Waals surface area contributed by atoms with Crippen LogP contribution in [0.4, 0.5) is 0 Å². The normalized spacial score (nSPS) is 11.7. The number of nitrogens with one attached hydrogen (secondary N) is 1. The molecule has 0 aromatic heterocycles. The fourth-order valence-corrected chi connectivity index (χ4v) is 2.22. The second kappa shape index (κ2) is 10.5.